The number of unbranched alkanes of at least 4 members (excludes halogenated alkanes) is 1. The summed E-state index contributed by atoms with van der Waals surface area (Å²) in [5.41, 5.74) is 2.14. The molecule has 0 aliphatic heterocycles. The second kappa shape index (κ2) is 7.41. The maximum absolute atomic E-state index is 11.6. The first-order valence-corrected chi connectivity index (χ1v) is 6.46. The number of aryl methyl sites for hydroxylation is 1. The van der Waals surface area contributed by atoms with Gasteiger partial charge in [0.05, 0.1) is 0 Å². The molecule has 0 saturated heterocycles. The van der Waals surface area contributed by atoms with Crippen molar-refractivity contribution in [3.05, 3.63) is 29.3 Å². The number of hydrogen-bond donors (Lipinski definition) is 3. The van der Waals surface area contributed by atoms with Crippen molar-refractivity contribution in [2.24, 2.45) is 0 Å². The molecule has 0 heterocycles. The molecule has 0 radical (unpaired) electrons. The Kier molecular flexibility index (Phi) is 5.85. The molecule has 0 aliphatic carbocycles. The van der Waals surface area contributed by atoms with E-state index in [0.717, 1.165) is 18.4 Å². The molecule has 0 unspecified atom stereocenters. The summed E-state index contributed by atoms with van der Waals surface area (Å²) >= 11 is 0. The third-order valence-corrected chi connectivity index (χ3v) is 2.78. The van der Waals surface area contributed by atoms with Crippen LogP contribution < -0.4 is 16.0 Å². The number of carbonyl (C=O) groups excluding carboxylic acids is 2. The third kappa shape index (κ3) is 4.62. The fraction of sp³-hybridized carbons (Fsp3) is 0.429. The number of nitrogens with one attached hydrogen (secondary N) is 3. The van der Waals surface area contributed by atoms with E-state index in [0.29, 0.717) is 17.8 Å². The van der Waals surface area contributed by atoms with Gasteiger partial charge in [-0.05, 0) is 37.1 Å². The Bertz CT molecular complexity index is 458. The Labute approximate surface area is 113 Å². The van der Waals surface area contributed by atoms with Crippen LogP contribution in [-0.2, 0) is 0 Å². The Morgan fingerprint density at radius 3 is 2.58 bits per heavy atom. The standard InChI is InChI=1S/C14H21N3O2/c1-4-5-8-16-14(19)17-12-7-6-11(9-10(12)2)13(18)15-3/h6-7,9H,4-5,8H2,1-3H3,(H,15,18)(H2,16,17,19). The van der Waals surface area contributed by atoms with E-state index in [1.165, 1.54) is 0 Å². The molecule has 0 bridgehead atoms. The fourth-order valence-corrected chi connectivity index (χ4v) is 1.63. The van der Waals surface area contributed by atoms with Gasteiger partial charge in [-0.2, -0.15) is 0 Å². The number of amides is 3. The molecule has 104 valence electrons. The summed E-state index contributed by atoms with van der Waals surface area (Å²) in [6.45, 7) is 4.59. The van der Waals surface area contributed by atoms with Crippen LogP contribution in [0.3, 0.4) is 0 Å². The van der Waals surface area contributed by atoms with Crippen molar-refractivity contribution >= 4 is 17.6 Å². The minimum absolute atomic E-state index is 0.137. The topological polar surface area (TPSA) is 70.2 Å². The first kappa shape index (κ1) is 15.0. The van der Waals surface area contributed by atoms with Crippen LogP contribution in [0.4, 0.5) is 10.5 Å². The third-order valence-electron chi connectivity index (χ3n) is 2.78. The number of carbonyl (C=O) groups is 2. The molecular weight excluding hydrogens is 242 g/mol. The van der Waals surface area contributed by atoms with E-state index >= 15 is 0 Å². The average Bonchev–Trinajstić information content (AvgIpc) is 2.40. The van der Waals surface area contributed by atoms with Crippen LogP contribution >= 0.6 is 0 Å². The molecule has 0 atom stereocenters. The average molecular weight is 263 g/mol. The molecule has 1 aromatic carbocycles. The van der Waals surface area contributed by atoms with E-state index in [-0.39, 0.29) is 11.9 Å². The maximum atomic E-state index is 11.6. The number of benzene rings is 1. The summed E-state index contributed by atoms with van der Waals surface area (Å²) in [6.07, 6.45) is 2.00. The lowest BCUT2D eigenvalue weighted by Crippen LogP contribution is -2.29. The minimum atomic E-state index is -0.218. The molecule has 0 aromatic heterocycles. The smallest absolute Gasteiger partial charge is 0.319 e. The molecule has 0 fully saturated rings. The highest BCUT2D eigenvalue weighted by atomic mass is 16.2. The molecule has 19 heavy (non-hydrogen) atoms. The van der Waals surface area contributed by atoms with Crippen LogP contribution in [0, 0.1) is 6.92 Å². The van der Waals surface area contributed by atoms with Gasteiger partial charge in [0.2, 0.25) is 0 Å². The summed E-state index contributed by atoms with van der Waals surface area (Å²) < 4.78 is 0. The summed E-state index contributed by atoms with van der Waals surface area (Å²) in [5, 5.41) is 8.11. The van der Waals surface area contributed by atoms with Crippen molar-refractivity contribution in [1.29, 1.82) is 0 Å². The molecule has 0 spiro atoms. The van der Waals surface area contributed by atoms with Crippen LogP contribution in [0.15, 0.2) is 18.2 Å². The molecule has 0 saturated carbocycles. The van der Waals surface area contributed by atoms with Gasteiger partial charge in [-0.15, -0.1) is 0 Å². The zero-order valence-electron chi connectivity index (χ0n) is 11.7. The van der Waals surface area contributed by atoms with Gasteiger partial charge in [0.1, 0.15) is 0 Å². The Morgan fingerprint density at radius 1 is 1.26 bits per heavy atom. The van der Waals surface area contributed by atoms with Crippen LogP contribution in [-0.4, -0.2) is 25.5 Å². The highest BCUT2D eigenvalue weighted by Gasteiger charge is 2.07. The van der Waals surface area contributed by atoms with Crippen LogP contribution in [0.5, 0.6) is 0 Å². The van der Waals surface area contributed by atoms with Crippen molar-refractivity contribution in [2.45, 2.75) is 26.7 Å². The van der Waals surface area contributed by atoms with Crippen molar-refractivity contribution < 1.29 is 9.59 Å². The summed E-state index contributed by atoms with van der Waals surface area (Å²) in [6, 6.07) is 4.96. The molecule has 0 aliphatic rings. The monoisotopic (exact) mass is 263 g/mol. The normalized spacial score (nSPS) is 9.84. The fourth-order valence-electron chi connectivity index (χ4n) is 1.63. The van der Waals surface area contributed by atoms with E-state index in [1.54, 1.807) is 25.2 Å². The lowest BCUT2D eigenvalue weighted by molar-refractivity contribution is 0.0963. The SMILES string of the molecule is CCCCNC(=O)Nc1ccc(C(=O)NC)cc1C. The van der Waals surface area contributed by atoms with Gasteiger partial charge in [-0.25, -0.2) is 4.79 Å². The predicted molar refractivity (Wildman–Crippen MR) is 76.5 cm³/mol. The number of rotatable bonds is 5. The minimum Gasteiger partial charge on any atom is -0.355 e. The van der Waals surface area contributed by atoms with E-state index in [2.05, 4.69) is 22.9 Å². The van der Waals surface area contributed by atoms with Gasteiger partial charge in [0.25, 0.3) is 5.91 Å². The Balaban J connectivity index is 2.64. The predicted octanol–water partition coefficient (Wildman–Crippen LogP) is 2.28. The number of hydrogen-bond acceptors (Lipinski definition) is 2. The summed E-state index contributed by atoms with van der Waals surface area (Å²) in [5.74, 6) is -0.137. The van der Waals surface area contributed by atoms with E-state index < -0.39 is 0 Å². The summed E-state index contributed by atoms with van der Waals surface area (Å²) in [4.78, 5) is 23.1. The largest absolute Gasteiger partial charge is 0.355 e. The number of urea groups is 1. The van der Waals surface area contributed by atoms with Crippen LogP contribution in [0.1, 0.15) is 35.7 Å². The van der Waals surface area contributed by atoms with Crippen molar-refractivity contribution in [1.82, 2.24) is 10.6 Å². The van der Waals surface area contributed by atoms with E-state index in [9.17, 15) is 9.59 Å². The van der Waals surface area contributed by atoms with Crippen LogP contribution in [0.25, 0.3) is 0 Å². The highest BCUT2D eigenvalue weighted by Crippen LogP contribution is 2.16. The van der Waals surface area contributed by atoms with Gasteiger partial charge in [-0.1, -0.05) is 13.3 Å². The molecule has 5 heteroatoms. The lowest BCUT2D eigenvalue weighted by atomic mass is 10.1. The second-order valence-electron chi connectivity index (χ2n) is 4.34. The van der Waals surface area contributed by atoms with Gasteiger partial charge in [-0.3, -0.25) is 4.79 Å². The zero-order valence-corrected chi connectivity index (χ0v) is 11.7. The van der Waals surface area contributed by atoms with Gasteiger partial charge >= 0.3 is 6.03 Å². The van der Waals surface area contributed by atoms with Gasteiger partial charge < -0.3 is 16.0 Å². The van der Waals surface area contributed by atoms with Crippen molar-refractivity contribution in [3.63, 3.8) is 0 Å². The van der Waals surface area contributed by atoms with E-state index in [4.69, 9.17) is 0 Å². The first-order chi connectivity index (χ1) is 9.08. The molecule has 5 nitrogen and oxygen atoms in total. The second-order valence-corrected chi connectivity index (χ2v) is 4.34. The summed E-state index contributed by atoms with van der Waals surface area (Å²) in [7, 11) is 1.59. The van der Waals surface area contributed by atoms with Crippen molar-refractivity contribution in [3.8, 4) is 0 Å². The van der Waals surface area contributed by atoms with Crippen LogP contribution in [0.2, 0.25) is 0 Å². The first-order valence-electron chi connectivity index (χ1n) is 6.46. The van der Waals surface area contributed by atoms with E-state index in [1.807, 2.05) is 6.92 Å². The molecule has 3 N–H and O–H groups in total. The Hall–Kier alpha value is -2.04. The molecule has 3 amide bonds. The number of anilines is 1. The lowest BCUT2D eigenvalue weighted by Gasteiger charge is -2.10. The molecule has 1 rings (SSSR count). The Morgan fingerprint density at radius 2 is 2.00 bits per heavy atom. The van der Waals surface area contributed by atoms with Gasteiger partial charge in [0.15, 0.2) is 0 Å². The maximum Gasteiger partial charge on any atom is 0.319 e. The quantitative estimate of drug-likeness (QED) is 0.713. The highest BCUT2D eigenvalue weighted by molar-refractivity contribution is 5.96. The molecule has 1 aromatic rings. The van der Waals surface area contributed by atoms with Gasteiger partial charge in [0, 0.05) is 24.8 Å². The molecular formula is C14H21N3O2. The van der Waals surface area contributed by atoms with Crippen molar-refractivity contribution in [2.75, 3.05) is 18.9 Å². The zero-order chi connectivity index (χ0) is 14.3.